The molecule has 1 aliphatic rings. The zero-order chi connectivity index (χ0) is 23.4. The maximum atomic E-state index is 12.8. The summed E-state index contributed by atoms with van der Waals surface area (Å²) < 4.78 is 37.4. The minimum Gasteiger partial charge on any atom is -0.452 e. The van der Waals surface area contributed by atoms with E-state index in [1.165, 1.54) is 16.4 Å². The van der Waals surface area contributed by atoms with Crippen molar-refractivity contribution >= 4 is 38.5 Å². The standard InChI is InChI=1S/C23H23N3O6S/c1-16-13-20(19-7-2-3-8-21(19)24-16)23(28)32-15-22(27)25-17-5-4-6-18(14-17)33(29,30)26-9-11-31-12-10-26/h2-8,13-14H,9-12,15H2,1H3,(H,25,27). The van der Waals surface area contributed by atoms with Crippen molar-refractivity contribution in [3.63, 3.8) is 0 Å². The molecule has 172 valence electrons. The van der Waals surface area contributed by atoms with E-state index in [1.807, 2.05) is 6.07 Å². The van der Waals surface area contributed by atoms with Crippen LogP contribution in [0.1, 0.15) is 16.1 Å². The van der Waals surface area contributed by atoms with Gasteiger partial charge in [-0.2, -0.15) is 4.31 Å². The van der Waals surface area contributed by atoms with Gasteiger partial charge in [0, 0.05) is 29.9 Å². The lowest BCUT2D eigenvalue weighted by molar-refractivity contribution is -0.119. The molecule has 0 bridgehead atoms. The second kappa shape index (κ2) is 9.65. The Labute approximate surface area is 191 Å². The van der Waals surface area contributed by atoms with Gasteiger partial charge in [-0.25, -0.2) is 13.2 Å². The van der Waals surface area contributed by atoms with Gasteiger partial charge < -0.3 is 14.8 Å². The molecule has 0 unspecified atom stereocenters. The Hall–Kier alpha value is -3.34. The van der Waals surface area contributed by atoms with Gasteiger partial charge >= 0.3 is 5.97 Å². The predicted molar refractivity (Wildman–Crippen MR) is 121 cm³/mol. The van der Waals surface area contributed by atoms with E-state index in [4.69, 9.17) is 9.47 Å². The first kappa shape index (κ1) is 22.8. The number of carbonyl (C=O) groups is 2. The van der Waals surface area contributed by atoms with E-state index in [0.29, 0.717) is 35.4 Å². The summed E-state index contributed by atoms with van der Waals surface area (Å²) in [5, 5.41) is 3.21. The molecule has 1 fully saturated rings. The molecule has 2 aromatic carbocycles. The van der Waals surface area contributed by atoms with Crippen molar-refractivity contribution in [1.82, 2.24) is 9.29 Å². The molecule has 3 aromatic rings. The normalized spacial score (nSPS) is 14.7. The van der Waals surface area contributed by atoms with Crippen LogP contribution < -0.4 is 5.32 Å². The average Bonchev–Trinajstić information content (AvgIpc) is 2.82. The molecule has 0 saturated carbocycles. The summed E-state index contributed by atoms with van der Waals surface area (Å²) in [6, 6.07) is 14.7. The molecular formula is C23H23N3O6S. The maximum Gasteiger partial charge on any atom is 0.339 e. The number of amides is 1. The fraction of sp³-hybridized carbons (Fsp3) is 0.261. The quantitative estimate of drug-likeness (QED) is 0.551. The number of hydrogen-bond donors (Lipinski definition) is 1. The number of para-hydroxylation sites is 1. The lowest BCUT2D eigenvalue weighted by Gasteiger charge is -2.26. The van der Waals surface area contributed by atoms with Crippen molar-refractivity contribution in [2.45, 2.75) is 11.8 Å². The smallest absolute Gasteiger partial charge is 0.339 e. The lowest BCUT2D eigenvalue weighted by Crippen LogP contribution is -2.40. The Morgan fingerprint density at radius 3 is 2.64 bits per heavy atom. The minimum absolute atomic E-state index is 0.0675. The van der Waals surface area contributed by atoms with Crippen molar-refractivity contribution < 1.29 is 27.5 Å². The van der Waals surface area contributed by atoms with Gasteiger partial charge in [-0.05, 0) is 37.3 Å². The highest BCUT2D eigenvalue weighted by molar-refractivity contribution is 7.89. The molecule has 0 aliphatic carbocycles. The molecule has 0 atom stereocenters. The maximum absolute atomic E-state index is 12.8. The second-order valence-corrected chi connectivity index (χ2v) is 9.43. The number of carbonyl (C=O) groups excluding carboxylic acids is 2. The van der Waals surface area contributed by atoms with Gasteiger partial charge in [0.05, 0.1) is 29.2 Å². The van der Waals surface area contributed by atoms with E-state index in [9.17, 15) is 18.0 Å². The van der Waals surface area contributed by atoms with Crippen LogP contribution in [0.3, 0.4) is 0 Å². The van der Waals surface area contributed by atoms with E-state index in [0.717, 1.165) is 0 Å². The molecule has 4 rings (SSSR count). The molecule has 1 aromatic heterocycles. The van der Waals surface area contributed by atoms with Crippen LogP contribution in [0, 0.1) is 6.92 Å². The summed E-state index contributed by atoms with van der Waals surface area (Å²) in [6.45, 7) is 2.49. The second-order valence-electron chi connectivity index (χ2n) is 7.50. The highest BCUT2D eigenvalue weighted by Crippen LogP contribution is 2.21. The number of hydrogen-bond acceptors (Lipinski definition) is 7. The van der Waals surface area contributed by atoms with Crippen LogP contribution in [-0.4, -0.2) is 62.5 Å². The number of fused-ring (bicyclic) bond motifs is 1. The number of nitrogens with one attached hydrogen (secondary N) is 1. The zero-order valence-electron chi connectivity index (χ0n) is 18.0. The number of anilines is 1. The third-order valence-corrected chi connectivity index (χ3v) is 7.02. The van der Waals surface area contributed by atoms with Gasteiger partial charge in [0.25, 0.3) is 5.91 Å². The monoisotopic (exact) mass is 469 g/mol. The summed E-state index contributed by atoms with van der Waals surface area (Å²) in [4.78, 5) is 29.4. The van der Waals surface area contributed by atoms with Crippen LogP contribution >= 0.6 is 0 Å². The topological polar surface area (TPSA) is 115 Å². The van der Waals surface area contributed by atoms with E-state index < -0.39 is 28.5 Å². The fourth-order valence-corrected chi connectivity index (χ4v) is 5.01. The number of pyridine rings is 1. The van der Waals surface area contributed by atoms with Crippen molar-refractivity contribution in [2.24, 2.45) is 0 Å². The first-order chi connectivity index (χ1) is 15.8. The summed E-state index contributed by atoms with van der Waals surface area (Å²) >= 11 is 0. The minimum atomic E-state index is -3.70. The SMILES string of the molecule is Cc1cc(C(=O)OCC(=O)Nc2cccc(S(=O)(=O)N3CCOCC3)c2)c2ccccc2n1. The van der Waals surface area contributed by atoms with Gasteiger partial charge in [0.2, 0.25) is 10.0 Å². The number of nitrogens with zero attached hydrogens (tertiary/aromatic N) is 2. The number of aryl methyl sites for hydroxylation is 1. The summed E-state index contributed by atoms with van der Waals surface area (Å²) in [6.07, 6.45) is 0. The Morgan fingerprint density at radius 1 is 1.09 bits per heavy atom. The van der Waals surface area contributed by atoms with Gasteiger partial charge in [-0.1, -0.05) is 24.3 Å². The lowest BCUT2D eigenvalue weighted by atomic mass is 10.1. The van der Waals surface area contributed by atoms with Gasteiger partial charge in [-0.3, -0.25) is 9.78 Å². The Morgan fingerprint density at radius 2 is 1.85 bits per heavy atom. The third kappa shape index (κ3) is 5.19. The number of morpholine rings is 1. The highest BCUT2D eigenvalue weighted by Gasteiger charge is 2.26. The molecule has 1 N–H and O–H groups in total. The molecule has 1 saturated heterocycles. The summed E-state index contributed by atoms with van der Waals surface area (Å²) in [5.41, 5.74) is 1.93. The Balaban J connectivity index is 1.42. The molecule has 1 aliphatic heterocycles. The van der Waals surface area contributed by atoms with Crippen LogP contribution in [-0.2, 0) is 24.3 Å². The number of sulfonamides is 1. The van der Waals surface area contributed by atoms with Crippen LogP contribution in [0.4, 0.5) is 5.69 Å². The molecule has 9 nitrogen and oxygen atoms in total. The van der Waals surface area contributed by atoms with E-state index in [1.54, 1.807) is 43.3 Å². The first-order valence-electron chi connectivity index (χ1n) is 10.4. The third-order valence-electron chi connectivity index (χ3n) is 5.12. The molecule has 0 spiro atoms. The average molecular weight is 470 g/mol. The molecule has 2 heterocycles. The largest absolute Gasteiger partial charge is 0.452 e. The van der Waals surface area contributed by atoms with Gasteiger partial charge in [0.1, 0.15) is 0 Å². The number of ether oxygens (including phenoxy) is 2. The van der Waals surface area contributed by atoms with Crippen LogP contribution in [0.25, 0.3) is 10.9 Å². The van der Waals surface area contributed by atoms with E-state index >= 15 is 0 Å². The van der Waals surface area contributed by atoms with E-state index in [-0.39, 0.29) is 23.7 Å². The highest BCUT2D eigenvalue weighted by atomic mass is 32.2. The molecule has 33 heavy (non-hydrogen) atoms. The number of aromatic nitrogens is 1. The summed E-state index contributed by atoms with van der Waals surface area (Å²) in [7, 11) is -3.70. The Bertz CT molecular complexity index is 1300. The van der Waals surface area contributed by atoms with Crippen molar-refractivity contribution in [3.8, 4) is 0 Å². The fourth-order valence-electron chi connectivity index (χ4n) is 3.55. The van der Waals surface area contributed by atoms with Crippen molar-refractivity contribution in [2.75, 3.05) is 38.2 Å². The Kier molecular flexibility index (Phi) is 6.68. The van der Waals surface area contributed by atoms with Crippen LogP contribution in [0.5, 0.6) is 0 Å². The predicted octanol–water partition coefficient (Wildman–Crippen LogP) is 2.36. The molecule has 10 heteroatoms. The molecule has 0 radical (unpaired) electrons. The number of benzene rings is 2. The first-order valence-corrected chi connectivity index (χ1v) is 11.8. The van der Waals surface area contributed by atoms with Gasteiger partial charge in [0.15, 0.2) is 6.61 Å². The van der Waals surface area contributed by atoms with Crippen LogP contribution in [0.2, 0.25) is 0 Å². The van der Waals surface area contributed by atoms with Gasteiger partial charge in [-0.15, -0.1) is 0 Å². The number of esters is 1. The van der Waals surface area contributed by atoms with Crippen LogP contribution in [0.15, 0.2) is 59.5 Å². The van der Waals surface area contributed by atoms with Crippen molar-refractivity contribution in [1.29, 1.82) is 0 Å². The van der Waals surface area contributed by atoms with Crippen molar-refractivity contribution in [3.05, 3.63) is 65.9 Å². The molecular weight excluding hydrogens is 446 g/mol. The summed E-state index contributed by atoms with van der Waals surface area (Å²) in [5.74, 6) is -1.23. The number of rotatable bonds is 6. The van der Waals surface area contributed by atoms with E-state index in [2.05, 4.69) is 10.3 Å². The molecule has 1 amide bonds. The zero-order valence-corrected chi connectivity index (χ0v) is 18.8.